The van der Waals surface area contributed by atoms with Crippen LogP contribution < -0.4 is 24.6 Å². The molecule has 1 fully saturated rings. The summed E-state index contributed by atoms with van der Waals surface area (Å²) in [7, 11) is 1.54. The van der Waals surface area contributed by atoms with Gasteiger partial charge >= 0.3 is 6.03 Å². The Labute approximate surface area is 224 Å². The summed E-state index contributed by atoms with van der Waals surface area (Å²) in [6, 6.07) is 22.3. The molecular formula is C30H36N4O4. The van der Waals surface area contributed by atoms with E-state index in [1.165, 1.54) is 7.11 Å². The second-order valence-corrected chi connectivity index (χ2v) is 9.02. The van der Waals surface area contributed by atoms with Gasteiger partial charge < -0.3 is 19.7 Å². The maximum atomic E-state index is 13.5. The molecule has 1 N–H and O–H groups in total. The van der Waals surface area contributed by atoms with E-state index in [9.17, 15) is 9.59 Å². The minimum absolute atomic E-state index is 0.119. The van der Waals surface area contributed by atoms with Crippen molar-refractivity contribution in [3.8, 4) is 17.2 Å². The number of benzene rings is 3. The molecule has 38 heavy (non-hydrogen) atoms. The predicted molar refractivity (Wildman–Crippen MR) is 151 cm³/mol. The van der Waals surface area contributed by atoms with Crippen LogP contribution in [0.2, 0.25) is 0 Å². The summed E-state index contributed by atoms with van der Waals surface area (Å²) >= 11 is 0. The number of rotatable bonds is 11. The average Bonchev–Trinajstić information content (AvgIpc) is 2.96. The van der Waals surface area contributed by atoms with Crippen molar-refractivity contribution in [2.24, 2.45) is 0 Å². The van der Waals surface area contributed by atoms with E-state index in [-0.39, 0.29) is 11.9 Å². The third kappa shape index (κ3) is 6.44. The van der Waals surface area contributed by atoms with Crippen molar-refractivity contribution in [3.05, 3.63) is 78.4 Å². The van der Waals surface area contributed by atoms with Crippen LogP contribution in [-0.2, 0) is 0 Å². The highest BCUT2D eigenvalue weighted by Gasteiger charge is 2.29. The molecule has 0 atom stereocenters. The molecule has 1 aliphatic heterocycles. The van der Waals surface area contributed by atoms with Crippen LogP contribution in [0.5, 0.6) is 17.2 Å². The predicted octanol–water partition coefficient (Wildman–Crippen LogP) is 5.40. The van der Waals surface area contributed by atoms with Crippen molar-refractivity contribution in [3.63, 3.8) is 0 Å². The topological polar surface area (TPSA) is 74.4 Å². The summed E-state index contributed by atoms with van der Waals surface area (Å²) in [5, 5.41) is 2.97. The number of carbonyl (C=O) groups is 2. The Kier molecular flexibility index (Phi) is 9.21. The molecule has 0 spiro atoms. The van der Waals surface area contributed by atoms with Gasteiger partial charge in [0, 0.05) is 43.6 Å². The minimum atomic E-state index is -0.190. The molecule has 1 aliphatic rings. The summed E-state index contributed by atoms with van der Waals surface area (Å²) in [5.41, 5.74) is 1.95. The Morgan fingerprint density at radius 1 is 0.895 bits per heavy atom. The Balaban J connectivity index is 1.44. The molecule has 3 aromatic rings. The number of urea groups is 1. The molecule has 1 saturated heterocycles. The van der Waals surface area contributed by atoms with Gasteiger partial charge in [0.25, 0.3) is 5.91 Å². The van der Waals surface area contributed by atoms with Crippen molar-refractivity contribution < 1.29 is 19.1 Å². The molecule has 0 radical (unpaired) electrons. The second kappa shape index (κ2) is 13.0. The van der Waals surface area contributed by atoms with Gasteiger partial charge in [0.05, 0.1) is 12.7 Å². The Hall–Kier alpha value is -4.04. The molecular weight excluding hydrogens is 480 g/mol. The number of ether oxygens (including phenoxy) is 2. The van der Waals surface area contributed by atoms with Gasteiger partial charge in [0.15, 0.2) is 0 Å². The fourth-order valence-corrected chi connectivity index (χ4v) is 4.52. The lowest BCUT2D eigenvalue weighted by Gasteiger charge is -2.36. The van der Waals surface area contributed by atoms with E-state index >= 15 is 0 Å². The van der Waals surface area contributed by atoms with Crippen molar-refractivity contribution in [1.82, 2.24) is 10.2 Å². The number of para-hydroxylation sites is 1. The van der Waals surface area contributed by atoms with Gasteiger partial charge in [0.2, 0.25) is 0 Å². The van der Waals surface area contributed by atoms with Crippen LogP contribution in [0.1, 0.15) is 30.6 Å². The molecule has 0 unspecified atom stereocenters. The monoisotopic (exact) mass is 516 g/mol. The zero-order valence-electron chi connectivity index (χ0n) is 22.4. The summed E-state index contributed by atoms with van der Waals surface area (Å²) < 4.78 is 11.4. The first kappa shape index (κ1) is 27.0. The fourth-order valence-electron chi connectivity index (χ4n) is 4.52. The lowest BCUT2D eigenvalue weighted by molar-refractivity contribution is 0.0946. The number of nitrogens with one attached hydrogen (secondary N) is 1. The van der Waals surface area contributed by atoms with Gasteiger partial charge in [-0.3, -0.25) is 14.6 Å². The number of carbonyl (C=O) groups excluding carboxylic acids is 2. The van der Waals surface area contributed by atoms with E-state index in [0.717, 1.165) is 37.5 Å². The smallest absolute Gasteiger partial charge is 0.328 e. The van der Waals surface area contributed by atoms with Crippen LogP contribution in [0, 0.1) is 0 Å². The first-order chi connectivity index (χ1) is 18.5. The summed E-state index contributed by atoms with van der Waals surface area (Å²) in [5.74, 6) is 1.72. The zero-order chi connectivity index (χ0) is 26.9. The Morgan fingerprint density at radius 3 is 2.18 bits per heavy atom. The van der Waals surface area contributed by atoms with Gasteiger partial charge in [-0.1, -0.05) is 32.0 Å². The van der Waals surface area contributed by atoms with Crippen molar-refractivity contribution in [1.29, 1.82) is 0 Å². The summed E-state index contributed by atoms with van der Waals surface area (Å²) in [6.07, 6.45) is 0.809. The molecule has 0 saturated carbocycles. The number of hydrogen-bond donors (Lipinski definition) is 1. The number of methoxy groups -OCH3 is 1. The molecule has 3 amide bonds. The Bertz CT molecular complexity index is 1210. The second-order valence-electron chi connectivity index (χ2n) is 9.02. The van der Waals surface area contributed by atoms with E-state index < -0.39 is 0 Å². The fraction of sp³-hybridized carbons (Fsp3) is 0.333. The van der Waals surface area contributed by atoms with Crippen molar-refractivity contribution >= 4 is 23.3 Å². The third-order valence-electron chi connectivity index (χ3n) is 6.70. The van der Waals surface area contributed by atoms with Crippen LogP contribution in [0.15, 0.2) is 72.8 Å². The van der Waals surface area contributed by atoms with Gasteiger partial charge in [-0.25, -0.2) is 4.79 Å². The lowest BCUT2D eigenvalue weighted by Crippen LogP contribution is -2.49. The lowest BCUT2D eigenvalue weighted by atomic mass is 10.1. The summed E-state index contributed by atoms with van der Waals surface area (Å²) in [6.45, 7) is 8.64. The summed E-state index contributed by atoms with van der Waals surface area (Å²) in [4.78, 5) is 32.0. The zero-order valence-corrected chi connectivity index (χ0v) is 22.4. The normalized spacial score (nSPS) is 13.5. The van der Waals surface area contributed by atoms with Crippen LogP contribution >= 0.6 is 0 Å². The molecule has 1 heterocycles. The van der Waals surface area contributed by atoms with Gasteiger partial charge in [-0.05, 0) is 68.0 Å². The van der Waals surface area contributed by atoms with Gasteiger partial charge in [-0.2, -0.15) is 0 Å². The number of amides is 3. The van der Waals surface area contributed by atoms with Crippen LogP contribution in [-0.4, -0.2) is 63.2 Å². The van der Waals surface area contributed by atoms with Crippen LogP contribution in [0.4, 0.5) is 16.2 Å². The van der Waals surface area contributed by atoms with E-state index in [1.54, 1.807) is 28.0 Å². The highest BCUT2D eigenvalue weighted by atomic mass is 16.5. The highest BCUT2D eigenvalue weighted by molar-refractivity contribution is 6.05. The first-order valence-corrected chi connectivity index (χ1v) is 13.1. The quantitative estimate of drug-likeness (QED) is 0.370. The molecule has 200 valence electrons. The van der Waals surface area contributed by atoms with E-state index in [1.807, 2.05) is 54.6 Å². The standard InChI is InChI=1S/C30H36N4O4/c1-4-32(5-2)21-18-31-29(35)27-17-14-24(22-28(27)37-3)34-20-9-19-33(30(34)36)23-12-15-26(16-13-23)38-25-10-7-6-8-11-25/h6-8,10-17,22H,4-5,9,18-21H2,1-3H3,(H,31,35). The van der Waals surface area contributed by atoms with Gasteiger partial charge in [-0.15, -0.1) is 0 Å². The maximum Gasteiger partial charge on any atom is 0.328 e. The maximum absolute atomic E-state index is 13.5. The van der Waals surface area contributed by atoms with Gasteiger partial charge in [0.1, 0.15) is 17.2 Å². The number of anilines is 2. The highest BCUT2D eigenvalue weighted by Crippen LogP contribution is 2.31. The number of likely N-dealkylation sites (N-methyl/N-ethyl adjacent to an activating group) is 1. The SMILES string of the molecule is CCN(CC)CCNC(=O)c1ccc(N2CCCN(c3ccc(Oc4ccccc4)cc3)C2=O)cc1OC. The molecule has 0 aromatic heterocycles. The molecule has 3 aromatic carbocycles. The van der Waals surface area contributed by atoms with Crippen LogP contribution in [0.25, 0.3) is 0 Å². The van der Waals surface area contributed by atoms with E-state index in [0.29, 0.717) is 42.4 Å². The van der Waals surface area contributed by atoms with Crippen molar-refractivity contribution in [2.75, 3.05) is 56.2 Å². The average molecular weight is 517 g/mol. The molecule has 8 nitrogen and oxygen atoms in total. The third-order valence-corrected chi connectivity index (χ3v) is 6.70. The number of hydrogen-bond acceptors (Lipinski definition) is 5. The molecule has 4 rings (SSSR count). The molecule has 0 bridgehead atoms. The first-order valence-electron chi connectivity index (χ1n) is 13.1. The number of nitrogens with zero attached hydrogens (tertiary/aromatic N) is 3. The van der Waals surface area contributed by atoms with Crippen molar-refractivity contribution in [2.45, 2.75) is 20.3 Å². The van der Waals surface area contributed by atoms with E-state index in [2.05, 4.69) is 24.1 Å². The molecule has 8 heteroatoms. The largest absolute Gasteiger partial charge is 0.496 e. The van der Waals surface area contributed by atoms with E-state index in [4.69, 9.17) is 9.47 Å². The Morgan fingerprint density at radius 2 is 1.53 bits per heavy atom. The molecule has 0 aliphatic carbocycles. The minimum Gasteiger partial charge on any atom is -0.496 e. The van der Waals surface area contributed by atoms with Crippen LogP contribution in [0.3, 0.4) is 0 Å².